The standard InChI is InChI=1S/C14H18N4O/c1-9(2)11-8-13(18-15)17-14(16-11)10-6-4-5-7-12(10)19-3/h4-9H,15H2,1-3H3,(H,16,17,18). The third-order valence-corrected chi connectivity index (χ3v) is 2.83. The SMILES string of the molecule is COc1ccccc1-c1nc(NN)cc(C(C)C)n1. The number of ether oxygens (including phenoxy) is 1. The highest BCUT2D eigenvalue weighted by Gasteiger charge is 2.12. The summed E-state index contributed by atoms with van der Waals surface area (Å²) in [5.74, 6) is 7.71. The number of nitrogens with two attached hydrogens (primary N) is 1. The number of methoxy groups -OCH3 is 1. The van der Waals surface area contributed by atoms with Crippen LogP contribution in [0.4, 0.5) is 5.82 Å². The Bertz CT molecular complexity index is 569. The fraction of sp³-hybridized carbons (Fsp3) is 0.286. The average molecular weight is 258 g/mol. The monoisotopic (exact) mass is 258 g/mol. The van der Waals surface area contributed by atoms with Crippen molar-refractivity contribution >= 4 is 5.82 Å². The van der Waals surface area contributed by atoms with Crippen molar-refractivity contribution in [2.75, 3.05) is 12.5 Å². The van der Waals surface area contributed by atoms with Crippen molar-refractivity contribution in [2.24, 2.45) is 5.84 Å². The Kier molecular flexibility index (Phi) is 3.97. The first-order valence-electron chi connectivity index (χ1n) is 6.14. The van der Waals surface area contributed by atoms with E-state index in [0.29, 0.717) is 17.6 Å². The lowest BCUT2D eigenvalue weighted by atomic mass is 10.1. The zero-order valence-electron chi connectivity index (χ0n) is 11.3. The molecule has 0 spiro atoms. The number of aromatic nitrogens is 2. The smallest absolute Gasteiger partial charge is 0.165 e. The second-order valence-corrected chi connectivity index (χ2v) is 4.50. The van der Waals surface area contributed by atoms with Crippen LogP contribution in [-0.2, 0) is 0 Å². The maximum atomic E-state index is 5.46. The summed E-state index contributed by atoms with van der Waals surface area (Å²) in [4.78, 5) is 8.96. The Labute approximate surface area is 112 Å². The predicted molar refractivity (Wildman–Crippen MR) is 75.9 cm³/mol. The third-order valence-electron chi connectivity index (χ3n) is 2.83. The van der Waals surface area contributed by atoms with Crippen molar-refractivity contribution < 1.29 is 4.74 Å². The van der Waals surface area contributed by atoms with Crippen molar-refractivity contribution in [3.63, 3.8) is 0 Å². The van der Waals surface area contributed by atoms with Crippen LogP contribution in [0.1, 0.15) is 25.5 Å². The van der Waals surface area contributed by atoms with Crippen LogP contribution in [0.3, 0.4) is 0 Å². The zero-order valence-corrected chi connectivity index (χ0v) is 11.3. The number of benzene rings is 1. The quantitative estimate of drug-likeness (QED) is 0.651. The van der Waals surface area contributed by atoms with E-state index in [0.717, 1.165) is 17.0 Å². The van der Waals surface area contributed by atoms with Gasteiger partial charge in [0, 0.05) is 11.8 Å². The van der Waals surface area contributed by atoms with Gasteiger partial charge in [-0.05, 0) is 18.1 Å². The van der Waals surface area contributed by atoms with E-state index in [1.807, 2.05) is 30.3 Å². The van der Waals surface area contributed by atoms with Gasteiger partial charge in [0.05, 0.1) is 12.7 Å². The van der Waals surface area contributed by atoms with Gasteiger partial charge < -0.3 is 10.2 Å². The molecule has 0 atom stereocenters. The Balaban J connectivity index is 2.57. The summed E-state index contributed by atoms with van der Waals surface area (Å²) in [5, 5.41) is 0. The second-order valence-electron chi connectivity index (χ2n) is 4.50. The van der Waals surface area contributed by atoms with Crippen molar-refractivity contribution in [2.45, 2.75) is 19.8 Å². The molecule has 2 rings (SSSR count). The highest BCUT2D eigenvalue weighted by atomic mass is 16.5. The van der Waals surface area contributed by atoms with Crippen LogP contribution < -0.4 is 16.0 Å². The fourth-order valence-corrected chi connectivity index (χ4v) is 1.79. The van der Waals surface area contributed by atoms with E-state index in [1.165, 1.54) is 0 Å². The molecule has 0 unspecified atom stereocenters. The lowest BCUT2D eigenvalue weighted by Crippen LogP contribution is -2.11. The molecule has 0 radical (unpaired) electrons. The summed E-state index contributed by atoms with van der Waals surface area (Å²) in [6.07, 6.45) is 0. The molecule has 1 aromatic heterocycles. The van der Waals surface area contributed by atoms with E-state index in [-0.39, 0.29) is 0 Å². The van der Waals surface area contributed by atoms with E-state index in [1.54, 1.807) is 7.11 Å². The summed E-state index contributed by atoms with van der Waals surface area (Å²) >= 11 is 0. The number of para-hydroxylation sites is 1. The maximum absolute atomic E-state index is 5.46. The molecular formula is C14H18N4O. The van der Waals surface area contributed by atoms with E-state index in [2.05, 4.69) is 29.2 Å². The molecule has 5 heteroatoms. The minimum absolute atomic E-state index is 0.295. The maximum Gasteiger partial charge on any atom is 0.165 e. The minimum Gasteiger partial charge on any atom is -0.496 e. The zero-order chi connectivity index (χ0) is 13.8. The number of hydrogen-bond acceptors (Lipinski definition) is 5. The summed E-state index contributed by atoms with van der Waals surface area (Å²) in [7, 11) is 1.63. The first-order chi connectivity index (χ1) is 9.15. The van der Waals surface area contributed by atoms with Crippen LogP contribution in [-0.4, -0.2) is 17.1 Å². The van der Waals surface area contributed by atoms with E-state index >= 15 is 0 Å². The van der Waals surface area contributed by atoms with Gasteiger partial charge in [0.1, 0.15) is 11.6 Å². The molecule has 19 heavy (non-hydrogen) atoms. The molecule has 0 amide bonds. The van der Waals surface area contributed by atoms with Gasteiger partial charge in [-0.15, -0.1) is 0 Å². The summed E-state index contributed by atoms with van der Waals surface area (Å²) in [6, 6.07) is 9.51. The minimum atomic E-state index is 0.295. The second kappa shape index (κ2) is 5.67. The predicted octanol–water partition coefficient (Wildman–Crippen LogP) is 2.56. The molecule has 2 aromatic rings. The Morgan fingerprint density at radius 1 is 1.21 bits per heavy atom. The van der Waals surface area contributed by atoms with Crippen LogP contribution in [0.25, 0.3) is 11.4 Å². The largest absolute Gasteiger partial charge is 0.496 e. The Morgan fingerprint density at radius 3 is 2.58 bits per heavy atom. The molecule has 0 saturated carbocycles. The van der Waals surface area contributed by atoms with Gasteiger partial charge in [-0.2, -0.15) is 0 Å². The van der Waals surface area contributed by atoms with Crippen LogP contribution in [0.2, 0.25) is 0 Å². The number of nitrogens with zero attached hydrogens (tertiary/aromatic N) is 2. The van der Waals surface area contributed by atoms with Gasteiger partial charge in [0.25, 0.3) is 0 Å². The van der Waals surface area contributed by atoms with Crippen molar-refractivity contribution in [3.05, 3.63) is 36.0 Å². The molecule has 0 aliphatic rings. The molecule has 100 valence electrons. The molecule has 0 saturated heterocycles. The first kappa shape index (κ1) is 13.3. The van der Waals surface area contributed by atoms with Crippen LogP contribution in [0, 0.1) is 0 Å². The lowest BCUT2D eigenvalue weighted by Gasteiger charge is -2.12. The molecule has 0 bridgehead atoms. The molecule has 0 aliphatic carbocycles. The summed E-state index contributed by atoms with van der Waals surface area (Å²) in [5.41, 5.74) is 4.36. The number of nitrogens with one attached hydrogen (secondary N) is 1. The van der Waals surface area contributed by atoms with Crippen molar-refractivity contribution in [3.8, 4) is 17.1 Å². The van der Waals surface area contributed by atoms with E-state index < -0.39 is 0 Å². The molecule has 1 heterocycles. The molecular weight excluding hydrogens is 240 g/mol. The number of hydrazine groups is 1. The third kappa shape index (κ3) is 2.82. The number of nitrogen functional groups attached to an aromatic ring is 1. The number of anilines is 1. The molecule has 3 N–H and O–H groups in total. The first-order valence-corrected chi connectivity index (χ1v) is 6.14. The van der Waals surface area contributed by atoms with Crippen LogP contribution >= 0.6 is 0 Å². The Morgan fingerprint density at radius 2 is 1.95 bits per heavy atom. The summed E-state index contributed by atoms with van der Waals surface area (Å²) in [6.45, 7) is 4.16. The van der Waals surface area contributed by atoms with E-state index in [9.17, 15) is 0 Å². The Hall–Kier alpha value is -2.14. The number of rotatable bonds is 4. The van der Waals surface area contributed by atoms with Gasteiger partial charge >= 0.3 is 0 Å². The summed E-state index contributed by atoms with van der Waals surface area (Å²) < 4.78 is 5.34. The van der Waals surface area contributed by atoms with Gasteiger partial charge in [0.2, 0.25) is 0 Å². The van der Waals surface area contributed by atoms with Gasteiger partial charge in [-0.25, -0.2) is 15.8 Å². The van der Waals surface area contributed by atoms with Crippen molar-refractivity contribution in [1.29, 1.82) is 0 Å². The number of hydrogen-bond donors (Lipinski definition) is 2. The molecule has 5 nitrogen and oxygen atoms in total. The van der Waals surface area contributed by atoms with Crippen LogP contribution in [0.5, 0.6) is 5.75 Å². The normalized spacial score (nSPS) is 10.6. The lowest BCUT2D eigenvalue weighted by molar-refractivity contribution is 0.416. The van der Waals surface area contributed by atoms with Crippen LogP contribution in [0.15, 0.2) is 30.3 Å². The van der Waals surface area contributed by atoms with Gasteiger partial charge in [-0.1, -0.05) is 26.0 Å². The highest BCUT2D eigenvalue weighted by molar-refractivity contribution is 5.65. The van der Waals surface area contributed by atoms with Crippen molar-refractivity contribution in [1.82, 2.24) is 9.97 Å². The topological polar surface area (TPSA) is 73.1 Å². The van der Waals surface area contributed by atoms with Gasteiger partial charge in [-0.3, -0.25) is 0 Å². The highest BCUT2D eigenvalue weighted by Crippen LogP contribution is 2.28. The van der Waals surface area contributed by atoms with Gasteiger partial charge in [0.15, 0.2) is 5.82 Å². The molecule has 1 aromatic carbocycles. The fourth-order valence-electron chi connectivity index (χ4n) is 1.79. The average Bonchev–Trinajstić information content (AvgIpc) is 2.46. The van der Waals surface area contributed by atoms with E-state index in [4.69, 9.17) is 10.6 Å². The molecule has 0 aliphatic heterocycles. The molecule has 0 fully saturated rings.